The number of aromatic nitrogens is 2. The molecule has 4 heteroatoms. The van der Waals surface area contributed by atoms with E-state index in [-0.39, 0.29) is 0 Å². The van der Waals surface area contributed by atoms with Gasteiger partial charge in [-0.15, -0.1) is 0 Å². The highest BCUT2D eigenvalue weighted by Crippen LogP contribution is 2.35. The summed E-state index contributed by atoms with van der Waals surface area (Å²) >= 11 is 0. The lowest BCUT2D eigenvalue weighted by atomic mass is 9.96. The summed E-state index contributed by atoms with van der Waals surface area (Å²) in [6, 6.07) is 10.8. The van der Waals surface area contributed by atoms with Crippen molar-refractivity contribution in [1.29, 1.82) is 0 Å². The maximum absolute atomic E-state index is 4.53. The van der Waals surface area contributed by atoms with Crippen LogP contribution in [0.5, 0.6) is 0 Å². The Bertz CT molecular complexity index is 547. The second kappa shape index (κ2) is 5.77. The lowest BCUT2D eigenvalue weighted by Gasteiger charge is -2.23. The average Bonchev–Trinajstić information content (AvgIpc) is 3.07. The number of hydrogen-bond acceptors (Lipinski definition) is 3. The van der Waals surface area contributed by atoms with E-state index in [4.69, 9.17) is 0 Å². The van der Waals surface area contributed by atoms with Gasteiger partial charge in [0.1, 0.15) is 0 Å². The van der Waals surface area contributed by atoms with Gasteiger partial charge in [0.05, 0.1) is 11.9 Å². The predicted octanol–water partition coefficient (Wildman–Crippen LogP) is 2.08. The van der Waals surface area contributed by atoms with Crippen LogP contribution in [0.25, 0.3) is 5.69 Å². The third-order valence-electron chi connectivity index (χ3n) is 4.21. The highest BCUT2D eigenvalue weighted by Gasteiger charge is 2.33. The molecule has 2 aromatic rings. The van der Waals surface area contributed by atoms with Crippen LogP contribution in [-0.2, 0) is 0 Å². The van der Waals surface area contributed by atoms with Gasteiger partial charge in [-0.05, 0) is 51.7 Å². The molecule has 20 heavy (non-hydrogen) atoms. The van der Waals surface area contributed by atoms with Gasteiger partial charge >= 0.3 is 0 Å². The summed E-state index contributed by atoms with van der Waals surface area (Å²) in [7, 11) is 4.24. The first kappa shape index (κ1) is 13.3. The van der Waals surface area contributed by atoms with E-state index in [0.29, 0.717) is 12.0 Å². The molecule has 1 aliphatic heterocycles. The van der Waals surface area contributed by atoms with E-state index >= 15 is 0 Å². The molecular formula is C16H22N4. The molecule has 3 rings (SSSR count). The molecule has 0 spiro atoms. The third-order valence-corrected chi connectivity index (χ3v) is 4.21. The van der Waals surface area contributed by atoms with Crippen molar-refractivity contribution >= 4 is 0 Å². The van der Waals surface area contributed by atoms with Crippen LogP contribution in [0.4, 0.5) is 0 Å². The van der Waals surface area contributed by atoms with Gasteiger partial charge in [-0.25, -0.2) is 4.68 Å². The third kappa shape index (κ3) is 2.49. The van der Waals surface area contributed by atoms with Gasteiger partial charge in [-0.3, -0.25) is 4.90 Å². The zero-order chi connectivity index (χ0) is 13.9. The van der Waals surface area contributed by atoms with Gasteiger partial charge in [0.2, 0.25) is 0 Å². The summed E-state index contributed by atoms with van der Waals surface area (Å²) in [5.41, 5.74) is 2.43. The SMILES string of the molecule is CNCC1CCN(C)C1c1cnn(-c2ccccc2)c1. The Morgan fingerprint density at radius 2 is 2.10 bits per heavy atom. The van der Waals surface area contributed by atoms with Gasteiger partial charge < -0.3 is 5.32 Å². The fraction of sp³-hybridized carbons (Fsp3) is 0.438. The Kier molecular flexibility index (Phi) is 3.85. The van der Waals surface area contributed by atoms with Crippen LogP contribution in [0.15, 0.2) is 42.7 Å². The molecule has 1 saturated heterocycles. The molecule has 0 amide bonds. The van der Waals surface area contributed by atoms with Gasteiger partial charge in [0, 0.05) is 17.8 Å². The van der Waals surface area contributed by atoms with E-state index in [2.05, 4.69) is 40.7 Å². The number of nitrogens with one attached hydrogen (secondary N) is 1. The first-order chi connectivity index (χ1) is 9.79. The van der Waals surface area contributed by atoms with Crippen molar-refractivity contribution in [1.82, 2.24) is 20.0 Å². The molecule has 4 nitrogen and oxygen atoms in total. The van der Waals surface area contributed by atoms with E-state index in [9.17, 15) is 0 Å². The summed E-state index contributed by atoms with van der Waals surface area (Å²) < 4.78 is 1.97. The lowest BCUT2D eigenvalue weighted by Crippen LogP contribution is -2.26. The van der Waals surface area contributed by atoms with Gasteiger partial charge in [0.15, 0.2) is 0 Å². The van der Waals surface area contributed by atoms with E-state index in [1.54, 1.807) is 0 Å². The zero-order valence-corrected chi connectivity index (χ0v) is 12.2. The fourth-order valence-electron chi connectivity index (χ4n) is 3.24. The van der Waals surface area contributed by atoms with E-state index < -0.39 is 0 Å². The van der Waals surface area contributed by atoms with Crippen LogP contribution in [-0.4, -0.2) is 41.9 Å². The zero-order valence-electron chi connectivity index (χ0n) is 12.2. The molecule has 1 aromatic heterocycles. The van der Waals surface area contributed by atoms with Crippen molar-refractivity contribution in [2.24, 2.45) is 5.92 Å². The minimum atomic E-state index is 0.472. The van der Waals surface area contributed by atoms with Crippen LogP contribution in [0.1, 0.15) is 18.0 Å². The highest BCUT2D eigenvalue weighted by molar-refractivity contribution is 5.31. The van der Waals surface area contributed by atoms with Gasteiger partial charge in [0.25, 0.3) is 0 Å². The number of benzene rings is 1. The molecule has 1 aliphatic rings. The molecule has 2 unspecified atom stereocenters. The largest absolute Gasteiger partial charge is 0.319 e. The molecule has 1 N–H and O–H groups in total. The Morgan fingerprint density at radius 1 is 1.30 bits per heavy atom. The summed E-state index contributed by atoms with van der Waals surface area (Å²) in [6.45, 7) is 2.22. The number of para-hydroxylation sites is 1. The molecule has 1 aromatic carbocycles. The minimum Gasteiger partial charge on any atom is -0.319 e. The standard InChI is InChI=1S/C16H22N4/c1-17-10-13-8-9-19(2)16(13)14-11-18-20(12-14)15-6-4-3-5-7-15/h3-7,11-13,16-17H,8-10H2,1-2H3. The summed E-state index contributed by atoms with van der Waals surface area (Å²) in [5, 5.41) is 7.84. The van der Waals surface area contributed by atoms with Crippen LogP contribution >= 0.6 is 0 Å². The summed E-state index contributed by atoms with van der Waals surface area (Å²) in [5.74, 6) is 0.665. The molecule has 1 fully saturated rings. The minimum absolute atomic E-state index is 0.472. The van der Waals surface area contributed by atoms with E-state index in [0.717, 1.165) is 18.8 Å². The molecular weight excluding hydrogens is 248 g/mol. The quantitative estimate of drug-likeness (QED) is 0.923. The van der Waals surface area contributed by atoms with Crippen molar-refractivity contribution in [3.63, 3.8) is 0 Å². The average molecular weight is 270 g/mol. The van der Waals surface area contributed by atoms with Crippen molar-refractivity contribution < 1.29 is 0 Å². The predicted molar refractivity (Wildman–Crippen MR) is 81.0 cm³/mol. The highest BCUT2D eigenvalue weighted by atomic mass is 15.3. The molecule has 2 heterocycles. The Hall–Kier alpha value is -1.65. The second-order valence-electron chi connectivity index (χ2n) is 5.59. The monoisotopic (exact) mass is 270 g/mol. The van der Waals surface area contributed by atoms with Crippen LogP contribution < -0.4 is 5.32 Å². The molecule has 0 saturated carbocycles. The topological polar surface area (TPSA) is 33.1 Å². The molecule has 2 atom stereocenters. The summed E-state index contributed by atoms with van der Waals surface area (Å²) in [6.07, 6.45) is 5.44. The van der Waals surface area contributed by atoms with Crippen LogP contribution in [0.3, 0.4) is 0 Å². The molecule has 0 bridgehead atoms. The van der Waals surface area contributed by atoms with Gasteiger partial charge in [-0.2, -0.15) is 5.10 Å². The number of likely N-dealkylation sites (tertiary alicyclic amines) is 1. The van der Waals surface area contributed by atoms with Crippen molar-refractivity contribution in [3.05, 3.63) is 48.3 Å². The van der Waals surface area contributed by atoms with Crippen LogP contribution in [0.2, 0.25) is 0 Å². The van der Waals surface area contributed by atoms with E-state index in [1.165, 1.54) is 12.0 Å². The Morgan fingerprint density at radius 3 is 2.85 bits per heavy atom. The lowest BCUT2D eigenvalue weighted by molar-refractivity contribution is 0.274. The van der Waals surface area contributed by atoms with Crippen molar-refractivity contribution in [3.8, 4) is 5.69 Å². The fourth-order valence-corrected chi connectivity index (χ4v) is 3.24. The normalized spacial score (nSPS) is 23.3. The van der Waals surface area contributed by atoms with Gasteiger partial charge in [-0.1, -0.05) is 18.2 Å². The second-order valence-corrected chi connectivity index (χ2v) is 5.59. The first-order valence-electron chi connectivity index (χ1n) is 7.24. The number of rotatable bonds is 4. The smallest absolute Gasteiger partial charge is 0.0645 e. The maximum atomic E-state index is 4.53. The van der Waals surface area contributed by atoms with Crippen molar-refractivity contribution in [2.45, 2.75) is 12.5 Å². The Labute approximate surface area is 120 Å². The van der Waals surface area contributed by atoms with E-state index in [1.807, 2.05) is 36.1 Å². The first-order valence-corrected chi connectivity index (χ1v) is 7.24. The maximum Gasteiger partial charge on any atom is 0.0645 e. The molecule has 0 aliphatic carbocycles. The molecule has 106 valence electrons. The van der Waals surface area contributed by atoms with Crippen LogP contribution in [0, 0.1) is 5.92 Å². The number of hydrogen-bond donors (Lipinski definition) is 1. The van der Waals surface area contributed by atoms with Crippen molar-refractivity contribution in [2.75, 3.05) is 27.2 Å². The summed E-state index contributed by atoms with van der Waals surface area (Å²) in [4.78, 5) is 2.44. The number of nitrogens with zero attached hydrogens (tertiary/aromatic N) is 3. The molecule has 0 radical (unpaired) electrons. The Balaban J connectivity index is 1.85.